The van der Waals surface area contributed by atoms with E-state index in [1.165, 1.54) is 0 Å². The van der Waals surface area contributed by atoms with Crippen molar-refractivity contribution < 1.29 is 4.79 Å². The summed E-state index contributed by atoms with van der Waals surface area (Å²) in [6, 6.07) is 3.62. The smallest absolute Gasteiger partial charge is 0.270 e. The lowest BCUT2D eigenvalue weighted by Crippen LogP contribution is -2.26. The fourth-order valence-corrected chi connectivity index (χ4v) is 1.20. The Balaban J connectivity index is 2.41. The van der Waals surface area contributed by atoms with Crippen LogP contribution >= 0.6 is 0 Å². The summed E-state index contributed by atoms with van der Waals surface area (Å²) in [5.74, 6) is -0.195. The maximum absolute atomic E-state index is 11.6. The third-order valence-electron chi connectivity index (χ3n) is 2.01. The Morgan fingerprint density at radius 2 is 2.50 bits per heavy atom. The van der Waals surface area contributed by atoms with Crippen LogP contribution in [0.25, 0.3) is 10.4 Å². The zero-order valence-corrected chi connectivity index (χ0v) is 9.05. The highest BCUT2D eigenvalue weighted by Crippen LogP contribution is 2.02. The average Bonchev–Trinajstić information content (AvgIpc) is 2.29. The summed E-state index contributed by atoms with van der Waals surface area (Å²) >= 11 is 0. The fraction of sp³-hybridized carbons (Fsp3) is 0.400. The van der Waals surface area contributed by atoms with Gasteiger partial charge in [-0.1, -0.05) is 11.2 Å². The van der Waals surface area contributed by atoms with Gasteiger partial charge >= 0.3 is 0 Å². The first kappa shape index (κ1) is 12.0. The number of rotatable bonds is 5. The first-order valence-corrected chi connectivity index (χ1v) is 4.96. The van der Waals surface area contributed by atoms with Crippen molar-refractivity contribution in [2.75, 3.05) is 13.1 Å². The van der Waals surface area contributed by atoms with Crippen LogP contribution < -0.4 is 5.32 Å². The van der Waals surface area contributed by atoms with Crippen molar-refractivity contribution in [1.29, 1.82) is 0 Å². The molecule has 0 atom stereocenters. The second kappa shape index (κ2) is 6.42. The van der Waals surface area contributed by atoms with Gasteiger partial charge in [-0.3, -0.25) is 9.78 Å². The molecule has 0 saturated heterocycles. The predicted molar refractivity (Wildman–Crippen MR) is 59.9 cm³/mol. The van der Waals surface area contributed by atoms with Crippen molar-refractivity contribution in [3.63, 3.8) is 0 Å². The van der Waals surface area contributed by atoms with Crippen molar-refractivity contribution in [2.45, 2.75) is 13.3 Å². The molecule has 1 amide bonds. The molecule has 0 saturated carbocycles. The van der Waals surface area contributed by atoms with E-state index >= 15 is 0 Å². The zero-order valence-electron chi connectivity index (χ0n) is 9.05. The van der Waals surface area contributed by atoms with Gasteiger partial charge in [0.2, 0.25) is 0 Å². The topological polar surface area (TPSA) is 90.8 Å². The first-order chi connectivity index (χ1) is 7.75. The first-order valence-electron chi connectivity index (χ1n) is 4.96. The number of nitrogens with one attached hydrogen (secondary N) is 1. The minimum absolute atomic E-state index is 0.195. The van der Waals surface area contributed by atoms with E-state index in [0.717, 1.165) is 5.56 Å². The Bertz CT molecular complexity index is 411. The lowest BCUT2D eigenvalue weighted by molar-refractivity contribution is 0.0948. The third kappa shape index (κ3) is 3.59. The molecule has 1 N–H and O–H groups in total. The number of amides is 1. The van der Waals surface area contributed by atoms with Crippen LogP contribution in [-0.2, 0) is 0 Å². The van der Waals surface area contributed by atoms with E-state index in [9.17, 15) is 4.79 Å². The van der Waals surface area contributed by atoms with Crippen molar-refractivity contribution in [3.05, 3.63) is 40.0 Å². The number of carbonyl (C=O) groups is 1. The zero-order chi connectivity index (χ0) is 11.8. The highest BCUT2D eigenvalue weighted by Gasteiger charge is 2.08. The summed E-state index contributed by atoms with van der Waals surface area (Å²) in [4.78, 5) is 18.2. The lowest BCUT2D eigenvalue weighted by atomic mass is 10.2. The summed E-state index contributed by atoms with van der Waals surface area (Å²) in [6.45, 7) is 2.70. The molecule has 0 aliphatic rings. The summed E-state index contributed by atoms with van der Waals surface area (Å²) in [5, 5.41) is 6.09. The second-order valence-corrected chi connectivity index (χ2v) is 3.23. The molecule has 1 heterocycles. The molecule has 0 aliphatic heterocycles. The Morgan fingerprint density at radius 3 is 3.19 bits per heavy atom. The molecular formula is C10H13N5O. The summed E-state index contributed by atoms with van der Waals surface area (Å²) in [5.41, 5.74) is 9.33. The third-order valence-corrected chi connectivity index (χ3v) is 2.01. The van der Waals surface area contributed by atoms with Gasteiger partial charge in [-0.15, -0.1) is 0 Å². The molecule has 0 aromatic carbocycles. The van der Waals surface area contributed by atoms with Crippen LogP contribution in [0.4, 0.5) is 0 Å². The van der Waals surface area contributed by atoms with E-state index in [1.807, 2.05) is 13.0 Å². The van der Waals surface area contributed by atoms with Crippen LogP contribution in [0.3, 0.4) is 0 Å². The molecule has 1 rings (SSSR count). The molecule has 0 unspecified atom stereocenters. The average molecular weight is 219 g/mol. The molecule has 0 spiro atoms. The van der Waals surface area contributed by atoms with E-state index in [2.05, 4.69) is 20.3 Å². The van der Waals surface area contributed by atoms with Gasteiger partial charge in [0.25, 0.3) is 5.91 Å². The standard InChI is InChI=1S/C10H13N5O/c1-8-4-2-5-12-9(8)10(16)13-6-3-7-14-15-11/h2,4-5H,3,6-7H2,1H3,(H,13,16). The minimum atomic E-state index is -0.195. The van der Waals surface area contributed by atoms with E-state index < -0.39 is 0 Å². The van der Waals surface area contributed by atoms with Crippen LogP contribution in [0.15, 0.2) is 23.4 Å². The van der Waals surface area contributed by atoms with Gasteiger partial charge in [0.15, 0.2) is 0 Å². The normalized spacial score (nSPS) is 9.31. The molecule has 6 nitrogen and oxygen atoms in total. The SMILES string of the molecule is Cc1cccnc1C(=O)NCCCN=[N+]=[N-]. The van der Waals surface area contributed by atoms with Crippen LogP contribution in [0.1, 0.15) is 22.5 Å². The van der Waals surface area contributed by atoms with Gasteiger partial charge in [0.1, 0.15) is 5.69 Å². The van der Waals surface area contributed by atoms with Gasteiger partial charge < -0.3 is 5.32 Å². The van der Waals surface area contributed by atoms with Crippen LogP contribution in [-0.4, -0.2) is 24.0 Å². The van der Waals surface area contributed by atoms with Crippen molar-refractivity contribution in [1.82, 2.24) is 10.3 Å². The molecule has 0 bridgehead atoms. The number of aromatic nitrogens is 1. The number of azide groups is 1. The number of aryl methyl sites for hydroxylation is 1. The van der Waals surface area contributed by atoms with Gasteiger partial charge in [0.05, 0.1) is 0 Å². The highest BCUT2D eigenvalue weighted by molar-refractivity contribution is 5.93. The van der Waals surface area contributed by atoms with Crippen LogP contribution in [0, 0.1) is 6.92 Å². The number of hydrogen-bond acceptors (Lipinski definition) is 3. The Morgan fingerprint density at radius 1 is 1.69 bits per heavy atom. The molecule has 84 valence electrons. The number of hydrogen-bond donors (Lipinski definition) is 1. The Hall–Kier alpha value is -2.07. The molecule has 0 radical (unpaired) electrons. The van der Waals surface area contributed by atoms with Gasteiger partial charge in [-0.2, -0.15) is 0 Å². The highest BCUT2D eigenvalue weighted by atomic mass is 16.1. The van der Waals surface area contributed by atoms with Crippen molar-refractivity contribution >= 4 is 5.91 Å². The van der Waals surface area contributed by atoms with Gasteiger partial charge in [-0.05, 0) is 30.5 Å². The molecular weight excluding hydrogens is 206 g/mol. The van der Waals surface area contributed by atoms with Gasteiger partial charge in [0, 0.05) is 24.2 Å². The largest absolute Gasteiger partial charge is 0.351 e. The molecule has 16 heavy (non-hydrogen) atoms. The van der Waals surface area contributed by atoms with Crippen LogP contribution in [0.2, 0.25) is 0 Å². The molecule has 0 aliphatic carbocycles. The maximum Gasteiger partial charge on any atom is 0.270 e. The summed E-state index contributed by atoms with van der Waals surface area (Å²) in [6.07, 6.45) is 2.21. The van der Waals surface area contributed by atoms with E-state index in [1.54, 1.807) is 12.3 Å². The van der Waals surface area contributed by atoms with E-state index in [-0.39, 0.29) is 5.91 Å². The number of pyridine rings is 1. The van der Waals surface area contributed by atoms with Crippen LogP contribution in [0.5, 0.6) is 0 Å². The van der Waals surface area contributed by atoms with E-state index in [0.29, 0.717) is 25.2 Å². The summed E-state index contributed by atoms with van der Waals surface area (Å²) < 4.78 is 0. The number of carbonyl (C=O) groups excluding carboxylic acids is 1. The Labute approximate surface area is 93.3 Å². The van der Waals surface area contributed by atoms with Crippen molar-refractivity contribution in [2.24, 2.45) is 5.11 Å². The molecule has 0 fully saturated rings. The Kier molecular flexibility index (Phi) is 4.82. The van der Waals surface area contributed by atoms with E-state index in [4.69, 9.17) is 5.53 Å². The number of nitrogens with zero attached hydrogens (tertiary/aromatic N) is 4. The summed E-state index contributed by atoms with van der Waals surface area (Å²) in [7, 11) is 0. The molecule has 6 heteroatoms. The molecule has 1 aromatic heterocycles. The second-order valence-electron chi connectivity index (χ2n) is 3.23. The fourth-order valence-electron chi connectivity index (χ4n) is 1.20. The predicted octanol–water partition coefficient (Wildman–Crippen LogP) is 1.82. The monoisotopic (exact) mass is 219 g/mol. The van der Waals surface area contributed by atoms with Crippen molar-refractivity contribution in [3.8, 4) is 0 Å². The lowest BCUT2D eigenvalue weighted by Gasteiger charge is -2.05. The maximum atomic E-state index is 11.6. The van der Waals surface area contributed by atoms with Gasteiger partial charge in [-0.25, -0.2) is 0 Å². The quantitative estimate of drug-likeness (QED) is 0.354. The minimum Gasteiger partial charge on any atom is -0.351 e. The molecule has 1 aromatic rings.